The first kappa shape index (κ1) is 13.0. The minimum absolute atomic E-state index is 0.0136. The fourth-order valence-corrected chi connectivity index (χ4v) is 1.66. The van der Waals surface area contributed by atoms with Gasteiger partial charge in [-0.2, -0.15) is 0 Å². The predicted octanol–water partition coefficient (Wildman–Crippen LogP) is 2.73. The molecule has 0 heterocycles. The third-order valence-electron chi connectivity index (χ3n) is 2.60. The average Bonchev–Trinajstić information content (AvgIpc) is 2.40. The molecule has 1 amide bonds. The van der Waals surface area contributed by atoms with Gasteiger partial charge in [0, 0.05) is 0 Å². The first-order chi connectivity index (χ1) is 9.08. The zero-order valence-corrected chi connectivity index (χ0v) is 9.99. The summed E-state index contributed by atoms with van der Waals surface area (Å²) >= 11 is 0. The molecular weight excluding hydrogens is 250 g/mol. The number of nitrogen functional groups attached to an aromatic ring is 1. The van der Waals surface area contributed by atoms with Crippen LogP contribution in [-0.2, 0) is 11.2 Å². The van der Waals surface area contributed by atoms with Crippen LogP contribution in [0.2, 0.25) is 0 Å². The SMILES string of the molecule is Nc1ccc(F)c(F)c1NC(=O)Cc1ccccc1. The van der Waals surface area contributed by atoms with E-state index in [0.29, 0.717) is 0 Å². The highest BCUT2D eigenvalue weighted by Crippen LogP contribution is 2.24. The smallest absolute Gasteiger partial charge is 0.228 e. The van der Waals surface area contributed by atoms with Crippen molar-refractivity contribution in [3.8, 4) is 0 Å². The maximum absolute atomic E-state index is 13.5. The van der Waals surface area contributed by atoms with E-state index in [-0.39, 0.29) is 17.8 Å². The second-order valence-electron chi connectivity index (χ2n) is 4.04. The lowest BCUT2D eigenvalue weighted by molar-refractivity contribution is -0.115. The van der Waals surface area contributed by atoms with Gasteiger partial charge < -0.3 is 11.1 Å². The van der Waals surface area contributed by atoms with Crippen molar-refractivity contribution in [2.75, 3.05) is 11.1 Å². The molecule has 2 rings (SSSR count). The Morgan fingerprint density at radius 2 is 1.79 bits per heavy atom. The van der Waals surface area contributed by atoms with Gasteiger partial charge in [0.25, 0.3) is 0 Å². The van der Waals surface area contributed by atoms with Crippen LogP contribution < -0.4 is 11.1 Å². The second kappa shape index (κ2) is 5.48. The Morgan fingerprint density at radius 1 is 1.11 bits per heavy atom. The summed E-state index contributed by atoms with van der Waals surface area (Å²) in [4.78, 5) is 11.7. The molecule has 5 heteroatoms. The number of nitrogens with two attached hydrogens (primary N) is 1. The van der Waals surface area contributed by atoms with E-state index in [4.69, 9.17) is 5.73 Å². The Bertz CT molecular complexity index is 600. The van der Waals surface area contributed by atoms with Crippen molar-refractivity contribution in [2.24, 2.45) is 0 Å². The lowest BCUT2D eigenvalue weighted by Gasteiger charge is -2.09. The number of halogens is 2. The topological polar surface area (TPSA) is 55.1 Å². The third kappa shape index (κ3) is 3.07. The van der Waals surface area contributed by atoms with Crippen molar-refractivity contribution < 1.29 is 13.6 Å². The standard InChI is InChI=1S/C14H12F2N2O/c15-10-6-7-11(17)14(13(10)16)18-12(19)8-9-4-2-1-3-5-9/h1-7H,8,17H2,(H,18,19). The second-order valence-corrected chi connectivity index (χ2v) is 4.04. The number of rotatable bonds is 3. The Labute approximate surface area is 109 Å². The highest BCUT2D eigenvalue weighted by molar-refractivity contribution is 5.95. The average molecular weight is 262 g/mol. The summed E-state index contributed by atoms with van der Waals surface area (Å²) in [5, 5.41) is 2.29. The first-order valence-corrected chi connectivity index (χ1v) is 5.65. The van der Waals surface area contributed by atoms with Gasteiger partial charge in [-0.25, -0.2) is 8.78 Å². The van der Waals surface area contributed by atoms with Gasteiger partial charge in [0.15, 0.2) is 11.6 Å². The van der Waals surface area contributed by atoms with Gasteiger partial charge in [-0.3, -0.25) is 4.79 Å². The summed E-state index contributed by atoms with van der Waals surface area (Å²) in [6.07, 6.45) is 0.0657. The van der Waals surface area contributed by atoms with Crippen LogP contribution in [0.15, 0.2) is 42.5 Å². The van der Waals surface area contributed by atoms with Crippen LogP contribution in [0.4, 0.5) is 20.2 Å². The number of carbonyl (C=O) groups is 1. The molecule has 0 aromatic heterocycles. The Morgan fingerprint density at radius 3 is 2.47 bits per heavy atom. The molecule has 0 bridgehead atoms. The van der Waals surface area contributed by atoms with Gasteiger partial charge in [-0.15, -0.1) is 0 Å². The van der Waals surface area contributed by atoms with E-state index >= 15 is 0 Å². The van der Waals surface area contributed by atoms with E-state index in [1.807, 2.05) is 6.07 Å². The quantitative estimate of drug-likeness (QED) is 0.836. The number of amides is 1. The van der Waals surface area contributed by atoms with Crippen LogP contribution in [0.25, 0.3) is 0 Å². The highest BCUT2D eigenvalue weighted by Gasteiger charge is 2.14. The summed E-state index contributed by atoms with van der Waals surface area (Å²) < 4.78 is 26.5. The molecule has 0 atom stereocenters. The molecule has 19 heavy (non-hydrogen) atoms. The maximum Gasteiger partial charge on any atom is 0.228 e. The number of hydrogen-bond acceptors (Lipinski definition) is 2. The molecule has 0 aliphatic carbocycles. The molecule has 2 aromatic rings. The van der Waals surface area contributed by atoms with E-state index in [9.17, 15) is 13.6 Å². The van der Waals surface area contributed by atoms with Crippen LogP contribution in [0.3, 0.4) is 0 Å². The molecule has 3 N–H and O–H groups in total. The molecule has 0 saturated heterocycles. The molecule has 2 aromatic carbocycles. The number of benzene rings is 2. The Kier molecular flexibility index (Phi) is 3.75. The number of nitrogens with one attached hydrogen (secondary N) is 1. The molecule has 0 spiro atoms. The van der Waals surface area contributed by atoms with Crippen LogP contribution in [0, 0.1) is 11.6 Å². The Balaban J connectivity index is 2.14. The molecule has 0 saturated carbocycles. The van der Waals surface area contributed by atoms with E-state index in [2.05, 4.69) is 5.32 Å². The van der Waals surface area contributed by atoms with Gasteiger partial charge in [-0.05, 0) is 17.7 Å². The van der Waals surface area contributed by atoms with Crippen molar-refractivity contribution >= 4 is 17.3 Å². The van der Waals surface area contributed by atoms with Crippen molar-refractivity contribution in [2.45, 2.75) is 6.42 Å². The lowest BCUT2D eigenvalue weighted by atomic mass is 10.1. The fourth-order valence-electron chi connectivity index (χ4n) is 1.66. The van der Waals surface area contributed by atoms with Crippen LogP contribution in [0.5, 0.6) is 0 Å². The molecule has 0 unspecified atom stereocenters. The van der Waals surface area contributed by atoms with Gasteiger partial charge >= 0.3 is 0 Å². The third-order valence-corrected chi connectivity index (χ3v) is 2.60. The summed E-state index contributed by atoms with van der Waals surface area (Å²) in [5.74, 6) is -2.66. The largest absolute Gasteiger partial charge is 0.397 e. The van der Waals surface area contributed by atoms with E-state index in [1.54, 1.807) is 24.3 Å². The number of anilines is 2. The van der Waals surface area contributed by atoms with Crippen molar-refractivity contribution in [1.29, 1.82) is 0 Å². The molecule has 0 radical (unpaired) electrons. The van der Waals surface area contributed by atoms with Crippen LogP contribution >= 0.6 is 0 Å². The summed E-state index contributed by atoms with van der Waals surface area (Å²) in [5.41, 5.74) is 5.95. The van der Waals surface area contributed by atoms with Crippen LogP contribution in [0.1, 0.15) is 5.56 Å². The number of hydrogen-bond donors (Lipinski definition) is 2. The van der Waals surface area contributed by atoms with Gasteiger partial charge in [-0.1, -0.05) is 30.3 Å². The predicted molar refractivity (Wildman–Crippen MR) is 69.5 cm³/mol. The molecule has 98 valence electrons. The zero-order valence-electron chi connectivity index (χ0n) is 9.99. The normalized spacial score (nSPS) is 10.2. The summed E-state index contributed by atoms with van der Waals surface area (Å²) in [6.45, 7) is 0. The Hall–Kier alpha value is -2.43. The molecular formula is C14H12F2N2O. The highest BCUT2D eigenvalue weighted by atomic mass is 19.2. The minimum Gasteiger partial charge on any atom is -0.397 e. The van der Waals surface area contributed by atoms with E-state index < -0.39 is 17.5 Å². The van der Waals surface area contributed by atoms with Crippen LogP contribution in [-0.4, -0.2) is 5.91 Å². The molecule has 0 aliphatic heterocycles. The monoisotopic (exact) mass is 262 g/mol. The van der Waals surface area contributed by atoms with E-state index in [1.165, 1.54) is 6.07 Å². The van der Waals surface area contributed by atoms with Crippen molar-refractivity contribution in [3.05, 3.63) is 59.7 Å². The summed E-state index contributed by atoms with van der Waals surface area (Å²) in [7, 11) is 0. The van der Waals surface area contributed by atoms with Crippen molar-refractivity contribution in [1.82, 2.24) is 0 Å². The zero-order chi connectivity index (χ0) is 13.8. The summed E-state index contributed by atoms with van der Waals surface area (Å²) in [6, 6.07) is 11.1. The van der Waals surface area contributed by atoms with Crippen molar-refractivity contribution in [3.63, 3.8) is 0 Å². The first-order valence-electron chi connectivity index (χ1n) is 5.65. The minimum atomic E-state index is -1.15. The molecule has 0 aliphatic rings. The molecule has 3 nitrogen and oxygen atoms in total. The van der Waals surface area contributed by atoms with Gasteiger partial charge in [0.05, 0.1) is 12.1 Å². The van der Waals surface area contributed by atoms with E-state index in [0.717, 1.165) is 11.6 Å². The fraction of sp³-hybridized carbons (Fsp3) is 0.0714. The maximum atomic E-state index is 13.5. The number of carbonyl (C=O) groups excluding carboxylic acids is 1. The molecule has 0 fully saturated rings. The van der Waals surface area contributed by atoms with Gasteiger partial charge in [0.1, 0.15) is 5.69 Å². The lowest BCUT2D eigenvalue weighted by Crippen LogP contribution is -2.17. The van der Waals surface area contributed by atoms with Gasteiger partial charge in [0.2, 0.25) is 5.91 Å².